The molecule has 8 nitrogen and oxygen atoms in total. The zero-order valence-electron chi connectivity index (χ0n) is 16.5. The molecular formula is C23H15N5O3S. The van der Waals surface area contributed by atoms with Gasteiger partial charge >= 0.3 is 0 Å². The summed E-state index contributed by atoms with van der Waals surface area (Å²) in [5.41, 5.74) is 2.42. The number of nitro groups is 1. The molecule has 5 rings (SSSR count). The molecule has 0 saturated heterocycles. The van der Waals surface area contributed by atoms with Gasteiger partial charge < -0.3 is 4.42 Å². The highest BCUT2D eigenvalue weighted by atomic mass is 32.1. The number of thiazole rings is 1. The minimum Gasteiger partial charge on any atom is -0.454 e. The van der Waals surface area contributed by atoms with Gasteiger partial charge in [0.05, 0.1) is 11.1 Å². The Kier molecular flexibility index (Phi) is 5.14. The van der Waals surface area contributed by atoms with Gasteiger partial charge in [0.15, 0.2) is 5.76 Å². The normalized spacial score (nSPS) is 12.1. The van der Waals surface area contributed by atoms with Crippen LogP contribution < -0.4 is 4.80 Å². The molecule has 0 atom stereocenters. The lowest BCUT2D eigenvalue weighted by Crippen LogP contribution is -2.11. The number of nitrogens with zero attached hydrogens (tertiary/aromatic N) is 5. The van der Waals surface area contributed by atoms with Gasteiger partial charge in [0.25, 0.3) is 5.69 Å². The Morgan fingerprint density at radius 3 is 2.75 bits per heavy atom. The average molecular weight is 441 g/mol. The van der Waals surface area contributed by atoms with Crippen molar-refractivity contribution in [3.8, 4) is 11.5 Å². The maximum absolute atomic E-state index is 11.4. The van der Waals surface area contributed by atoms with Crippen LogP contribution in [-0.2, 0) is 0 Å². The van der Waals surface area contributed by atoms with Crippen LogP contribution in [0.25, 0.3) is 22.4 Å². The lowest BCUT2D eigenvalue weighted by atomic mass is 10.2. The van der Waals surface area contributed by atoms with E-state index in [0.717, 1.165) is 16.5 Å². The van der Waals surface area contributed by atoms with E-state index in [9.17, 15) is 10.1 Å². The first kappa shape index (κ1) is 19.6. The number of pyridine rings is 1. The van der Waals surface area contributed by atoms with Crippen molar-refractivity contribution in [2.75, 3.05) is 0 Å². The highest BCUT2D eigenvalue weighted by Crippen LogP contribution is 2.29. The largest absolute Gasteiger partial charge is 0.454 e. The molecule has 0 unspecified atom stereocenters. The maximum atomic E-state index is 11.4. The average Bonchev–Trinajstić information content (AvgIpc) is 3.42. The fraction of sp³-hybridized carbons (Fsp3) is 0. The van der Waals surface area contributed by atoms with Crippen molar-refractivity contribution < 1.29 is 9.34 Å². The Morgan fingerprint density at radius 1 is 1.09 bits per heavy atom. The van der Waals surface area contributed by atoms with Gasteiger partial charge in [-0.05, 0) is 24.3 Å². The van der Waals surface area contributed by atoms with Crippen LogP contribution in [0.2, 0.25) is 0 Å². The summed E-state index contributed by atoms with van der Waals surface area (Å²) in [5, 5.41) is 18.8. The zero-order chi connectivity index (χ0) is 21.9. The summed E-state index contributed by atoms with van der Waals surface area (Å²) in [6, 6.07) is 19.7. The van der Waals surface area contributed by atoms with Gasteiger partial charge in [-0.1, -0.05) is 36.4 Å². The quantitative estimate of drug-likeness (QED) is 0.208. The van der Waals surface area contributed by atoms with Crippen molar-refractivity contribution in [1.29, 1.82) is 0 Å². The molecule has 156 valence electrons. The van der Waals surface area contributed by atoms with Crippen molar-refractivity contribution in [3.63, 3.8) is 0 Å². The summed E-state index contributed by atoms with van der Waals surface area (Å²) in [4.78, 5) is 20.1. The summed E-state index contributed by atoms with van der Waals surface area (Å²) in [7, 11) is 0. The van der Waals surface area contributed by atoms with Gasteiger partial charge in [-0.3, -0.25) is 15.1 Å². The highest BCUT2D eigenvalue weighted by Gasteiger charge is 2.15. The number of benzene rings is 2. The van der Waals surface area contributed by atoms with Crippen LogP contribution >= 0.6 is 11.3 Å². The molecule has 9 heteroatoms. The number of aromatic nitrogens is 2. The fourth-order valence-corrected chi connectivity index (χ4v) is 3.99. The first-order valence-corrected chi connectivity index (χ1v) is 10.5. The standard InChI is InChI=1S/C23H15N5O3S/c29-28(30)19-9-3-2-8-18(19)26-23-27(25-14-16-6-5-11-24-13-16)20(15-32-23)22-12-17-7-1-4-10-21(17)31-22/h1-15H. The van der Waals surface area contributed by atoms with Gasteiger partial charge in [-0.2, -0.15) is 5.10 Å². The molecule has 0 N–H and O–H groups in total. The lowest BCUT2D eigenvalue weighted by Gasteiger charge is -2.01. The summed E-state index contributed by atoms with van der Waals surface area (Å²) in [6.07, 6.45) is 5.03. The van der Waals surface area contributed by atoms with E-state index >= 15 is 0 Å². The number of rotatable bonds is 5. The summed E-state index contributed by atoms with van der Waals surface area (Å²) < 4.78 is 7.64. The van der Waals surface area contributed by atoms with E-state index in [0.29, 0.717) is 16.3 Å². The molecule has 0 spiro atoms. The van der Waals surface area contributed by atoms with Crippen LogP contribution in [0.3, 0.4) is 0 Å². The second kappa shape index (κ2) is 8.40. The molecule has 0 aliphatic carbocycles. The van der Waals surface area contributed by atoms with Crippen molar-refractivity contribution in [2.24, 2.45) is 10.1 Å². The number of fused-ring (bicyclic) bond motifs is 1. The lowest BCUT2D eigenvalue weighted by molar-refractivity contribution is -0.384. The van der Waals surface area contributed by atoms with E-state index in [2.05, 4.69) is 15.1 Å². The van der Waals surface area contributed by atoms with Crippen LogP contribution in [-0.4, -0.2) is 20.8 Å². The van der Waals surface area contributed by atoms with Crippen LogP contribution in [0.4, 0.5) is 11.4 Å². The summed E-state index contributed by atoms with van der Waals surface area (Å²) >= 11 is 1.32. The van der Waals surface area contributed by atoms with Crippen LogP contribution in [0.15, 0.2) is 99.0 Å². The van der Waals surface area contributed by atoms with E-state index in [1.54, 1.807) is 41.5 Å². The monoisotopic (exact) mass is 441 g/mol. The second-order valence-electron chi connectivity index (χ2n) is 6.75. The molecule has 3 aromatic heterocycles. The molecule has 32 heavy (non-hydrogen) atoms. The van der Waals surface area contributed by atoms with Crippen molar-refractivity contribution in [1.82, 2.24) is 9.66 Å². The third kappa shape index (κ3) is 3.84. The van der Waals surface area contributed by atoms with E-state index in [4.69, 9.17) is 4.42 Å². The summed E-state index contributed by atoms with van der Waals surface area (Å²) in [5.74, 6) is 0.620. The van der Waals surface area contributed by atoms with Crippen molar-refractivity contribution in [3.05, 3.63) is 105 Å². The van der Waals surface area contributed by atoms with Gasteiger partial charge in [0, 0.05) is 34.8 Å². The first-order chi connectivity index (χ1) is 15.7. The number of para-hydroxylation sites is 3. The molecule has 5 aromatic rings. The van der Waals surface area contributed by atoms with E-state index in [-0.39, 0.29) is 11.4 Å². The topological polar surface area (TPSA) is 98.8 Å². The minimum absolute atomic E-state index is 0.0750. The Labute approximate surface area is 185 Å². The maximum Gasteiger partial charge on any atom is 0.294 e. The molecule has 0 amide bonds. The smallest absolute Gasteiger partial charge is 0.294 e. The Bertz CT molecular complexity index is 1480. The predicted octanol–water partition coefficient (Wildman–Crippen LogP) is 5.38. The number of nitro benzene ring substituents is 1. The zero-order valence-corrected chi connectivity index (χ0v) is 17.3. The van der Waals surface area contributed by atoms with E-state index in [1.165, 1.54) is 17.4 Å². The Balaban J connectivity index is 1.69. The van der Waals surface area contributed by atoms with Gasteiger partial charge in [0.2, 0.25) is 4.80 Å². The molecule has 0 fully saturated rings. The van der Waals surface area contributed by atoms with Gasteiger partial charge in [-0.15, -0.1) is 11.3 Å². The molecule has 0 bridgehead atoms. The molecular weight excluding hydrogens is 426 g/mol. The highest BCUT2D eigenvalue weighted by molar-refractivity contribution is 7.07. The predicted molar refractivity (Wildman–Crippen MR) is 123 cm³/mol. The molecule has 0 aliphatic heterocycles. The number of hydrogen-bond donors (Lipinski definition) is 0. The Hall–Kier alpha value is -4.37. The molecule has 0 saturated carbocycles. The van der Waals surface area contributed by atoms with Crippen LogP contribution in [0.5, 0.6) is 0 Å². The molecule has 2 aromatic carbocycles. The SMILES string of the molecule is O=[N+]([O-])c1ccccc1N=c1scc(-c2cc3ccccc3o2)n1N=Cc1cccnc1. The van der Waals surface area contributed by atoms with Crippen LogP contribution in [0.1, 0.15) is 5.56 Å². The molecule has 3 heterocycles. The molecule has 0 radical (unpaired) electrons. The minimum atomic E-state index is -0.449. The molecule has 0 aliphatic rings. The number of furan rings is 1. The van der Waals surface area contributed by atoms with Gasteiger partial charge in [-0.25, -0.2) is 9.67 Å². The van der Waals surface area contributed by atoms with Crippen molar-refractivity contribution in [2.45, 2.75) is 0 Å². The van der Waals surface area contributed by atoms with Crippen molar-refractivity contribution >= 4 is 39.9 Å². The number of hydrogen-bond acceptors (Lipinski definition) is 7. The second-order valence-corrected chi connectivity index (χ2v) is 7.59. The third-order valence-corrected chi connectivity index (χ3v) is 5.48. The first-order valence-electron chi connectivity index (χ1n) is 9.61. The third-order valence-electron chi connectivity index (χ3n) is 4.66. The fourth-order valence-electron chi connectivity index (χ4n) is 3.16. The van der Waals surface area contributed by atoms with E-state index < -0.39 is 4.92 Å². The van der Waals surface area contributed by atoms with Gasteiger partial charge in [0.1, 0.15) is 17.0 Å². The summed E-state index contributed by atoms with van der Waals surface area (Å²) in [6.45, 7) is 0. The Morgan fingerprint density at radius 2 is 1.94 bits per heavy atom. The van der Waals surface area contributed by atoms with Crippen LogP contribution in [0, 0.1) is 10.1 Å². The van der Waals surface area contributed by atoms with E-state index in [1.807, 2.05) is 47.8 Å².